The van der Waals surface area contributed by atoms with Crippen molar-refractivity contribution in [1.29, 1.82) is 0 Å². The van der Waals surface area contributed by atoms with E-state index in [1.54, 1.807) is 7.11 Å². The molecule has 2 unspecified atom stereocenters. The topological polar surface area (TPSA) is 56.8 Å². The van der Waals surface area contributed by atoms with Gasteiger partial charge in [-0.15, -0.1) is 0 Å². The van der Waals surface area contributed by atoms with Gasteiger partial charge in [0.25, 0.3) is 0 Å². The number of ether oxygens (including phenoxy) is 1. The molecule has 6 nitrogen and oxygen atoms in total. The summed E-state index contributed by atoms with van der Waals surface area (Å²) in [4.78, 5) is 17.3. The Kier molecular flexibility index (Phi) is 5.74. The van der Waals surface area contributed by atoms with E-state index in [0.717, 1.165) is 44.0 Å². The first-order chi connectivity index (χ1) is 14.1. The lowest BCUT2D eigenvalue weighted by atomic mass is 9.98. The van der Waals surface area contributed by atoms with Gasteiger partial charge in [0, 0.05) is 32.2 Å². The maximum absolute atomic E-state index is 13.0. The Morgan fingerprint density at radius 3 is 2.48 bits per heavy atom. The second-order valence-corrected chi connectivity index (χ2v) is 7.96. The molecule has 2 aromatic rings. The van der Waals surface area contributed by atoms with Crippen LogP contribution in [0.5, 0.6) is 5.75 Å². The summed E-state index contributed by atoms with van der Waals surface area (Å²) < 4.78 is 5.48. The van der Waals surface area contributed by atoms with E-state index in [0.29, 0.717) is 0 Å². The minimum Gasteiger partial charge on any atom is -0.495 e. The van der Waals surface area contributed by atoms with Crippen LogP contribution < -0.4 is 20.5 Å². The molecule has 0 aromatic heterocycles. The van der Waals surface area contributed by atoms with E-state index in [2.05, 4.69) is 53.9 Å². The van der Waals surface area contributed by atoms with E-state index >= 15 is 0 Å². The highest BCUT2D eigenvalue weighted by Gasteiger charge is 2.34. The highest BCUT2D eigenvalue weighted by molar-refractivity contribution is 5.82. The van der Waals surface area contributed by atoms with Crippen LogP contribution in [0.4, 0.5) is 5.69 Å². The maximum atomic E-state index is 13.0. The molecular formula is C23H30N4O2. The van der Waals surface area contributed by atoms with Crippen LogP contribution in [-0.4, -0.2) is 50.1 Å². The number of para-hydroxylation sites is 2. The maximum Gasteiger partial charge on any atom is 0.241 e. The van der Waals surface area contributed by atoms with Crippen LogP contribution in [0.15, 0.2) is 42.5 Å². The molecular weight excluding hydrogens is 364 g/mol. The van der Waals surface area contributed by atoms with Crippen LogP contribution in [0.1, 0.15) is 29.2 Å². The summed E-state index contributed by atoms with van der Waals surface area (Å²) in [6.45, 7) is 7.33. The van der Waals surface area contributed by atoms with Crippen molar-refractivity contribution in [3.63, 3.8) is 0 Å². The van der Waals surface area contributed by atoms with Crippen molar-refractivity contribution in [3.05, 3.63) is 59.2 Å². The Morgan fingerprint density at radius 2 is 1.76 bits per heavy atom. The molecule has 2 aromatic carbocycles. The number of hydrazine groups is 1. The number of rotatable bonds is 4. The first-order valence-corrected chi connectivity index (χ1v) is 10.3. The van der Waals surface area contributed by atoms with Gasteiger partial charge in [0.1, 0.15) is 11.8 Å². The normalized spacial score (nSPS) is 22.0. The molecule has 2 saturated heterocycles. The summed E-state index contributed by atoms with van der Waals surface area (Å²) in [5.74, 6) is 1.06. The van der Waals surface area contributed by atoms with Gasteiger partial charge in [-0.1, -0.05) is 30.3 Å². The van der Waals surface area contributed by atoms with Crippen LogP contribution in [0, 0.1) is 13.8 Å². The fourth-order valence-electron chi connectivity index (χ4n) is 4.20. The molecule has 2 N–H and O–H groups in total. The number of nitrogens with zero attached hydrogens (tertiary/aromatic N) is 2. The number of carbonyl (C=O) groups excluding carboxylic acids is 1. The van der Waals surface area contributed by atoms with E-state index < -0.39 is 0 Å². The van der Waals surface area contributed by atoms with Crippen LogP contribution >= 0.6 is 0 Å². The summed E-state index contributed by atoms with van der Waals surface area (Å²) in [6.07, 6.45) is 0.772. The van der Waals surface area contributed by atoms with Gasteiger partial charge in [0.2, 0.25) is 5.91 Å². The standard InChI is InChI=1S/C23H30N4O2/c1-16-8-9-18(14-17(16)2)19-15-20(25-24-19)23(28)27-12-10-26(11-13-27)21-6-4-5-7-22(21)29-3/h4-9,14,19-20,24-25H,10-13,15H2,1-3H3. The molecule has 4 rings (SSSR count). The SMILES string of the molecule is COc1ccccc1N1CCN(C(=O)C2CC(c3ccc(C)c(C)c3)NN2)CC1. The lowest BCUT2D eigenvalue weighted by Gasteiger charge is -2.37. The zero-order valence-electron chi connectivity index (χ0n) is 17.4. The third-order valence-electron chi connectivity index (χ3n) is 6.15. The number of hydrogen-bond acceptors (Lipinski definition) is 5. The summed E-state index contributed by atoms with van der Waals surface area (Å²) in [5, 5.41) is 0. The van der Waals surface area contributed by atoms with Crippen LogP contribution in [-0.2, 0) is 4.79 Å². The Morgan fingerprint density at radius 1 is 1.00 bits per heavy atom. The molecule has 2 heterocycles. The molecule has 2 aliphatic rings. The molecule has 154 valence electrons. The summed E-state index contributed by atoms with van der Waals surface area (Å²) in [7, 11) is 1.70. The molecule has 0 aliphatic carbocycles. The molecule has 6 heteroatoms. The van der Waals surface area contributed by atoms with Crippen LogP contribution in [0.2, 0.25) is 0 Å². The number of aryl methyl sites for hydroxylation is 2. The molecule has 2 atom stereocenters. The fraction of sp³-hybridized carbons (Fsp3) is 0.435. The Hall–Kier alpha value is -2.57. The smallest absolute Gasteiger partial charge is 0.241 e. The number of anilines is 1. The number of amides is 1. The van der Waals surface area contributed by atoms with E-state index in [-0.39, 0.29) is 18.0 Å². The number of carbonyl (C=O) groups is 1. The van der Waals surface area contributed by atoms with Gasteiger partial charge >= 0.3 is 0 Å². The highest BCUT2D eigenvalue weighted by atomic mass is 16.5. The van der Waals surface area contributed by atoms with E-state index in [9.17, 15) is 4.79 Å². The minimum atomic E-state index is -0.181. The average Bonchev–Trinajstić information content (AvgIpc) is 3.25. The number of benzene rings is 2. The Labute approximate surface area is 172 Å². The zero-order valence-corrected chi connectivity index (χ0v) is 17.4. The van der Waals surface area contributed by atoms with E-state index in [4.69, 9.17) is 4.74 Å². The number of nitrogens with one attached hydrogen (secondary N) is 2. The first kappa shape index (κ1) is 19.7. The van der Waals surface area contributed by atoms with Crippen LogP contribution in [0.25, 0.3) is 0 Å². The Balaban J connectivity index is 1.35. The number of piperazine rings is 1. The number of methoxy groups -OCH3 is 1. The van der Waals surface area contributed by atoms with Gasteiger partial charge in [-0.3, -0.25) is 4.79 Å². The van der Waals surface area contributed by atoms with E-state index in [1.807, 2.05) is 23.1 Å². The summed E-state index contributed by atoms with van der Waals surface area (Å²) in [5.41, 5.74) is 11.4. The van der Waals surface area contributed by atoms with Gasteiger partial charge in [-0.05, 0) is 49.1 Å². The van der Waals surface area contributed by atoms with Gasteiger partial charge in [0.05, 0.1) is 12.8 Å². The molecule has 0 bridgehead atoms. The average molecular weight is 395 g/mol. The fourth-order valence-corrected chi connectivity index (χ4v) is 4.20. The van der Waals surface area contributed by atoms with Gasteiger partial charge in [-0.2, -0.15) is 0 Å². The Bertz CT molecular complexity index is 877. The largest absolute Gasteiger partial charge is 0.495 e. The van der Waals surface area contributed by atoms with Crippen molar-refractivity contribution in [1.82, 2.24) is 15.8 Å². The van der Waals surface area contributed by atoms with Crippen molar-refractivity contribution >= 4 is 11.6 Å². The summed E-state index contributed by atoms with van der Waals surface area (Å²) in [6, 6.07) is 14.6. The molecule has 1 amide bonds. The summed E-state index contributed by atoms with van der Waals surface area (Å²) >= 11 is 0. The third kappa shape index (κ3) is 4.09. The van der Waals surface area contributed by atoms with Crippen molar-refractivity contribution in [2.45, 2.75) is 32.4 Å². The molecule has 0 spiro atoms. The lowest BCUT2D eigenvalue weighted by Crippen LogP contribution is -2.53. The van der Waals surface area contributed by atoms with Crippen molar-refractivity contribution in [2.75, 3.05) is 38.2 Å². The van der Waals surface area contributed by atoms with E-state index in [1.165, 1.54) is 16.7 Å². The van der Waals surface area contributed by atoms with Gasteiger partial charge in [0.15, 0.2) is 0 Å². The molecule has 29 heavy (non-hydrogen) atoms. The highest BCUT2D eigenvalue weighted by Crippen LogP contribution is 2.29. The van der Waals surface area contributed by atoms with Crippen molar-refractivity contribution in [3.8, 4) is 5.75 Å². The monoisotopic (exact) mass is 394 g/mol. The molecule has 0 saturated carbocycles. The third-order valence-corrected chi connectivity index (χ3v) is 6.15. The van der Waals surface area contributed by atoms with Gasteiger partial charge < -0.3 is 14.5 Å². The first-order valence-electron chi connectivity index (χ1n) is 10.3. The quantitative estimate of drug-likeness (QED) is 0.835. The van der Waals surface area contributed by atoms with Gasteiger partial charge in [-0.25, -0.2) is 10.9 Å². The minimum absolute atomic E-state index is 0.165. The van der Waals surface area contributed by atoms with Crippen LogP contribution in [0.3, 0.4) is 0 Å². The predicted octanol–water partition coefficient (Wildman–Crippen LogP) is 2.57. The second kappa shape index (κ2) is 8.43. The molecule has 0 radical (unpaired) electrons. The number of hydrogen-bond donors (Lipinski definition) is 2. The zero-order chi connectivity index (χ0) is 20.4. The molecule has 2 aliphatic heterocycles. The van der Waals surface area contributed by atoms with Crippen molar-refractivity contribution in [2.24, 2.45) is 0 Å². The molecule has 2 fully saturated rings. The van der Waals surface area contributed by atoms with Crippen molar-refractivity contribution < 1.29 is 9.53 Å². The lowest BCUT2D eigenvalue weighted by molar-refractivity contribution is -0.133. The second-order valence-electron chi connectivity index (χ2n) is 7.96. The predicted molar refractivity (Wildman–Crippen MR) is 115 cm³/mol.